The molecule has 0 bridgehead atoms. The van der Waals surface area contributed by atoms with Gasteiger partial charge in [-0.25, -0.2) is 4.39 Å². The van der Waals surface area contributed by atoms with Crippen LogP contribution in [0, 0.1) is 0 Å². The number of benzene rings is 2. The molecular formula is C13H10BrFO. The Morgan fingerprint density at radius 2 is 1.62 bits per heavy atom. The van der Waals surface area contributed by atoms with Crippen molar-refractivity contribution in [3.63, 3.8) is 0 Å². The maximum Gasteiger partial charge on any atom is 0.180 e. The van der Waals surface area contributed by atoms with E-state index in [-0.39, 0.29) is 0 Å². The second kappa shape index (κ2) is 5.12. The lowest BCUT2D eigenvalue weighted by molar-refractivity contribution is 0.465. The van der Waals surface area contributed by atoms with Gasteiger partial charge in [0.15, 0.2) is 5.08 Å². The third-order valence-electron chi connectivity index (χ3n) is 2.09. The van der Waals surface area contributed by atoms with E-state index in [9.17, 15) is 4.39 Å². The molecule has 82 valence electrons. The smallest absolute Gasteiger partial charge is 0.180 e. The molecule has 0 aromatic heterocycles. The Hall–Kier alpha value is -1.35. The molecule has 2 rings (SSSR count). The van der Waals surface area contributed by atoms with Crippen LogP contribution >= 0.6 is 15.9 Å². The zero-order valence-electron chi connectivity index (χ0n) is 8.44. The van der Waals surface area contributed by atoms with Crippen LogP contribution in [0.4, 0.5) is 4.39 Å². The topological polar surface area (TPSA) is 9.23 Å². The molecule has 0 aliphatic carbocycles. The van der Waals surface area contributed by atoms with Crippen LogP contribution < -0.4 is 4.74 Å². The fourth-order valence-electron chi connectivity index (χ4n) is 1.34. The van der Waals surface area contributed by atoms with Gasteiger partial charge in [-0.15, -0.1) is 0 Å². The summed E-state index contributed by atoms with van der Waals surface area (Å²) in [5.41, 5.74) is 0.549. The summed E-state index contributed by atoms with van der Waals surface area (Å²) in [6.07, 6.45) is 0. The van der Waals surface area contributed by atoms with Gasteiger partial charge in [-0.3, -0.25) is 0 Å². The monoisotopic (exact) mass is 280 g/mol. The Kier molecular flexibility index (Phi) is 3.57. The molecule has 0 amide bonds. The van der Waals surface area contributed by atoms with Crippen LogP contribution in [0.2, 0.25) is 0 Å². The second-order valence-corrected chi connectivity index (χ2v) is 4.09. The molecule has 1 unspecified atom stereocenters. The van der Waals surface area contributed by atoms with Gasteiger partial charge in [0.2, 0.25) is 0 Å². The first-order valence-electron chi connectivity index (χ1n) is 4.87. The number of para-hydroxylation sites is 1. The van der Waals surface area contributed by atoms with Gasteiger partial charge in [0.05, 0.1) is 0 Å². The molecule has 0 aliphatic rings. The molecule has 2 aromatic carbocycles. The van der Waals surface area contributed by atoms with E-state index in [1.54, 1.807) is 24.3 Å². The molecule has 1 atom stereocenters. The van der Waals surface area contributed by atoms with Crippen molar-refractivity contribution in [2.45, 2.75) is 5.08 Å². The number of ether oxygens (including phenoxy) is 1. The van der Waals surface area contributed by atoms with Gasteiger partial charge in [0.25, 0.3) is 0 Å². The highest BCUT2D eigenvalue weighted by molar-refractivity contribution is 9.09. The predicted molar refractivity (Wildman–Crippen MR) is 65.7 cm³/mol. The van der Waals surface area contributed by atoms with Gasteiger partial charge in [-0.05, 0) is 40.2 Å². The number of hydrogen-bond donors (Lipinski definition) is 0. The summed E-state index contributed by atoms with van der Waals surface area (Å²) in [4.78, 5) is 0. The zero-order chi connectivity index (χ0) is 11.4. The van der Waals surface area contributed by atoms with Crippen molar-refractivity contribution in [1.29, 1.82) is 0 Å². The molecule has 2 aromatic rings. The van der Waals surface area contributed by atoms with E-state index >= 15 is 0 Å². The first-order valence-corrected chi connectivity index (χ1v) is 5.78. The Morgan fingerprint density at radius 1 is 0.938 bits per heavy atom. The molecule has 0 heterocycles. The average Bonchev–Trinajstić information content (AvgIpc) is 2.30. The Balaban J connectivity index is 2.19. The van der Waals surface area contributed by atoms with Gasteiger partial charge in [0.1, 0.15) is 11.5 Å². The van der Waals surface area contributed by atoms with E-state index in [1.165, 1.54) is 0 Å². The molecule has 0 N–H and O–H groups in total. The summed E-state index contributed by atoms with van der Waals surface area (Å²) >= 11 is 2.88. The van der Waals surface area contributed by atoms with E-state index in [0.717, 1.165) is 5.75 Å². The molecule has 0 fully saturated rings. The summed E-state index contributed by atoms with van der Waals surface area (Å²) in [5.74, 6) is 1.37. The number of halogens is 2. The van der Waals surface area contributed by atoms with Crippen molar-refractivity contribution in [3.05, 3.63) is 60.2 Å². The molecule has 0 saturated carbocycles. The van der Waals surface area contributed by atoms with Crippen molar-refractivity contribution in [1.82, 2.24) is 0 Å². The first kappa shape index (κ1) is 11.1. The molecule has 1 nitrogen and oxygen atoms in total. The van der Waals surface area contributed by atoms with E-state index in [0.29, 0.717) is 11.3 Å². The van der Waals surface area contributed by atoms with Crippen LogP contribution in [0.3, 0.4) is 0 Å². The summed E-state index contributed by atoms with van der Waals surface area (Å²) in [7, 11) is 0. The standard InChI is InChI=1S/C13H10BrFO/c14-13(15)10-5-4-8-12(9-10)16-11-6-2-1-3-7-11/h1-9,13H. The van der Waals surface area contributed by atoms with Crippen LogP contribution in [-0.4, -0.2) is 0 Å². The highest BCUT2D eigenvalue weighted by Gasteiger charge is 2.05. The molecule has 16 heavy (non-hydrogen) atoms. The van der Waals surface area contributed by atoms with Crippen molar-refractivity contribution in [2.24, 2.45) is 0 Å². The number of hydrogen-bond acceptors (Lipinski definition) is 1. The van der Waals surface area contributed by atoms with Crippen molar-refractivity contribution >= 4 is 15.9 Å². The normalized spacial score (nSPS) is 12.1. The predicted octanol–water partition coefficient (Wildman–Crippen LogP) is 4.84. The number of alkyl halides is 2. The Morgan fingerprint density at radius 3 is 2.31 bits per heavy atom. The highest BCUT2D eigenvalue weighted by Crippen LogP contribution is 2.28. The lowest BCUT2D eigenvalue weighted by Crippen LogP contribution is -1.86. The van der Waals surface area contributed by atoms with Gasteiger partial charge in [0, 0.05) is 5.56 Å². The fourth-order valence-corrected chi connectivity index (χ4v) is 1.62. The Bertz CT molecular complexity index is 456. The SMILES string of the molecule is FC(Br)c1cccc(Oc2ccccc2)c1. The van der Waals surface area contributed by atoms with Crippen LogP contribution in [0.5, 0.6) is 11.5 Å². The maximum absolute atomic E-state index is 13.0. The van der Waals surface area contributed by atoms with Crippen molar-refractivity contribution in [3.8, 4) is 11.5 Å². The minimum absolute atomic E-state index is 0.549. The van der Waals surface area contributed by atoms with E-state index < -0.39 is 5.08 Å². The van der Waals surface area contributed by atoms with E-state index in [1.807, 2.05) is 30.3 Å². The Labute approximate surface area is 102 Å². The van der Waals surface area contributed by atoms with Gasteiger partial charge in [-0.1, -0.05) is 30.3 Å². The largest absolute Gasteiger partial charge is 0.457 e. The quantitative estimate of drug-likeness (QED) is 0.731. The molecule has 3 heteroatoms. The van der Waals surface area contributed by atoms with Crippen LogP contribution in [0.1, 0.15) is 10.6 Å². The van der Waals surface area contributed by atoms with Crippen LogP contribution in [0.15, 0.2) is 54.6 Å². The fraction of sp³-hybridized carbons (Fsp3) is 0.0769. The zero-order valence-corrected chi connectivity index (χ0v) is 10.0. The minimum atomic E-state index is -1.16. The van der Waals surface area contributed by atoms with Crippen molar-refractivity contribution < 1.29 is 9.13 Å². The summed E-state index contributed by atoms with van der Waals surface area (Å²) < 4.78 is 18.6. The third-order valence-corrected chi connectivity index (χ3v) is 2.62. The van der Waals surface area contributed by atoms with Crippen LogP contribution in [-0.2, 0) is 0 Å². The lowest BCUT2D eigenvalue weighted by Gasteiger charge is -2.07. The van der Waals surface area contributed by atoms with Gasteiger partial charge >= 0.3 is 0 Å². The lowest BCUT2D eigenvalue weighted by atomic mass is 10.2. The highest BCUT2D eigenvalue weighted by atomic mass is 79.9. The first-order chi connectivity index (χ1) is 7.75. The van der Waals surface area contributed by atoms with Crippen LogP contribution in [0.25, 0.3) is 0 Å². The second-order valence-electron chi connectivity index (χ2n) is 3.29. The minimum Gasteiger partial charge on any atom is -0.457 e. The molecular weight excluding hydrogens is 271 g/mol. The summed E-state index contributed by atoms with van der Waals surface area (Å²) in [5, 5.41) is -1.16. The van der Waals surface area contributed by atoms with Gasteiger partial charge in [-0.2, -0.15) is 0 Å². The molecule has 0 saturated heterocycles. The summed E-state index contributed by atoms with van der Waals surface area (Å²) in [6, 6.07) is 16.3. The van der Waals surface area contributed by atoms with Crippen molar-refractivity contribution in [2.75, 3.05) is 0 Å². The van der Waals surface area contributed by atoms with E-state index in [2.05, 4.69) is 15.9 Å². The van der Waals surface area contributed by atoms with E-state index in [4.69, 9.17) is 4.74 Å². The third kappa shape index (κ3) is 2.83. The van der Waals surface area contributed by atoms with Gasteiger partial charge < -0.3 is 4.74 Å². The maximum atomic E-state index is 13.0. The average molecular weight is 281 g/mol. The molecule has 0 aliphatic heterocycles. The molecule has 0 radical (unpaired) electrons. The summed E-state index contributed by atoms with van der Waals surface area (Å²) in [6.45, 7) is 0. The molecule has 0 spiro atoms. The number of rotatable bonds is 3.